The van der Waals surface area contributed by atoms with Crippen molar-refractivity contribution in [3.63, 3.8) is 0 Å². The van der Waals surface area contributed by atoms with E-state index in [1.54, 1.807) is 6.92 Å². The number of hydrogen-bond acceptors (Lipinski definition) is 8. The van der Waals surface area contributed by atoms with Crippen LogP contribution in [0.1, 0.15) is 106 Å². The van der Waals surface area contributed by atoms with Crippen LogP contribution >= 0.6 is 0 Å². The molecular weight excluding hydrogens is 564 g/mol. The number of aliphatic hydroxyl groups excluding tert-OH is 4. The molecule has 4 fully saturated rings. The van der Waals surface area contributed by atoms with Gasteiger partial charge >= 0.3 is 5.97 Å². The van der Waals surface area contributed by atoms with Crippen LogP contribution < -0.4 is 0 Å². The van der Waals surface area contributed by atoms with E-state index in [0.29, 0.717) is 32.1 Å². The molecule has 1 aliphatic heterocycles. The lowest BCUT2D eigenvalue weighted by Crippen LogP contribution is -2.66. The first-order valence-electron chi connectivity index (χ1n) is 16.8. The summed E-state index contributed by atoms with van der Waals surface area (Å²) < 4.78 is 12.0. The first kappa shape index (κ1) is 34.0. The van der Waals surface area contributed by atoms with Crippen molar-refractivity contribution in [1.29, 1.82) is 0 Å². The molecule has 9 heteroatoms. The second kappa shape index (κ2) is 11.4. The van der Waals surface area contributed by atoms with E-state index >= 15 is 0 Å². The van der Waals surface area contributed by atoms with Crippen molar-refractivity contribution in [3.8, 4) is 0 Å². The summed E-state index contributed by atoms with van der Waals surface area (Å²) in [7, 11) is 0. The van der Waals surface area contributed by atoms with E-state index in [-0.39, 0.29) is 57.9 Å². The Labute approximate surface area is 262 Å². The number of aliphatic carboxylic acids is 1. The van der Waals surface area contributed by atoms with E-state index in [1.807, 2.05) is 13.0 Å². The fourth-order valence-electron chi connectivity index (χ4n) is 10.7. The molecule has 0 aromatic rings. The summed E-state index contributed by atoms with van der Waals surface area (Å²) in [4.78, 5) is 24.7. The van der Waals surface area contributed by atoms with Crippen molar-refractivity contribution in [2.24, 2.45) is 44.8 Å². The summed E-state index contributed by atoms with van der Waals surface area (Å²) in [5.74, 6) is -0.502. The van der Waals surface area contributed by atoms with Crippen molar-refractivity contribution in [2.75, 3.05) is 6.61 Å². The Bertz CT molecular complexity index is 1170. The SMILES string of the molecule is CC(=O)C(C)CCC1(C(=O)O)C=C2C(O)CC3C4(C)CCC(OC5OCC(O)C(O)C5O)C(C)(C)C4CCC3(C)C2(C)CC1. The molecule has 4 aliphatic carbocycles. The molecule has 5 N–H and O–H groups in total. The van der Waals surface area contributed by atoms with E-state index in [0.717, 1.165) is 31.3 Å². The molecule has 0 radical (unpaired) electrons. The third-order valence-corrected chi connectivity index (χ3v) is 14.1. The average Bonchev–Trinajstić information content (AvgIpc) is 2.95. The number of carbonyl (C=O) groups excluding carboxylic acids is 1. The van der Waals surface area contributed by atoms with Crippen LogP contribution in [-0.4, -0.2) is 80.7 Å². The van der Waals surface area contributed by atoms with Crippen LogP contribution in [0.15, 0.2) is 11.6 Å². The Hall–Kier alpha value is -1.36. The molecule has 1 saturated heterocycles. The number of aliphatic hydroxyl groups is 4. The summed E-state index contributed by atoms with van der Waals surface area (Å²) in [6.07, 6.45) is 2.36. The van der Waals surface area contributed by atoms with Gasteiger partial charge in [0, 0.05) is 5.92 Å². The zero-order valence-electron chi connectivity index (χ0n) is 27.7. The van der Waals surface area contributed by atoms with Gasteiger partial charge in [0.2, 0.25) is 0 Å². The lowest BCUT2D eigenvalue weighted by atomic mass is 9.34. The van der Waals surface area contributed by atoms with Crippen LogP contribution in [0.2, 0.25) is 0 Å². The maximum Gasteiger partial charge on any atom is 0.313 e. The maximum atomic E-state index is 12.8. The minimum Gasteiger partial charge on any atom is -0.481 e. The number of ketones is 1. The summed E-state index contributed by atoms with van der Waals surface area (Å²) >= 11 is 0. The zero-order chi connectivity index (χ0) is 32.6. The van der Waals surface area contributed by atoms with Gasteiger partial charge in [-0.05, 0) is 104 Å². The molecular formula is C35H56O9. The van der Waals surface area contributed by atoms with Crippen LogP contribution in [0.4, 0.5) is 0 Å². The fraction of sp³-hybridized carbons (Fsp3) is 0.886. The Morgan fingerprint density at radius 1 is 0.977 bits per heavy atom. The summed E-state index contributed by atoms with van der Waals surface area (Å²) in [5.41, 5.74) is -1.04. The third kappa shape index (κ3) is 5.03. The minimum absolute atomic E-state index is 0.0683. The number of fused-ring (bicyclic) bond motifs is 5. The molecule has 13 atom stereocenters. The smallest absolute Gasteiger partial charge is 0.313 e. The largest absolute Gasteiger partial charge is 0.481 e. The third-order valence-electron chi connectivity index (χ3n) is 14.1. The Morgan fingerprint density at radius 2 is 1.66 bits per heavy atom. The van der Waals surface area contributed by atoms with Gasteiger partial charge in [0.05, 0.1) is 24.2 Å². The van der Waals surface area contributed by atoms with E-state index in [2.05, 4.69) is 34.6 Å². The second-order valence-electron chi connectivity index (χ2n) is 16.5. The number of carboxylic acid groups (broad SMARTS) is 1. The quantitative estimate of drug-likeness (QED) is 0.208. The topological polar surface area (TPSA) is 154 Å². The van der Waals surface area contributed by atoms with Crippen LogP contribution in [0, 0.1) is 44.8 Å². The molecule has 250 valence electrons. The highest BCUT2D eigenvalue weighted by Gasteiger charge is 2.68. The summed E-state index contributed by atoms with van der Waals surface area (Å²) in [6, 6.07) is 0. The second-order valence-corrected chi connectivity index (χ2v) is 16.5. The summed E-state index contributed by atoms with van der Waals surface area (Å²) in [6.45, 7) is 14.8. The molecule has 44 heavy (non-hydrogen) atoms. The van der Waals surface area contributed by atoms with Crippen LogP contribution in [0.25, 0.3) is 0 Å². The van der Waals surface area contributed by atoms with Crippen molar-refractivity contribution in [3.05, 3.63) is 11.6 Å². The summed E-state index contributed by atoms with van der Waals surface area (Å²) in [5, 5.41) is 53.0. The van der Waals surface area contributed by atoms with Gasteiger partial charge in [-0.3, -0.25) is 9.59 Å². The van der Waals surface area contributed by atoms with Gasteiger partial charge in [0.15, 0.2) is 6.29 Å². The Balaban J connectivity index is 1.42. The molecule has 0 bridgehead atoms. The molecule has 0 aromatic heterocycles. The highest BCUT2D eigenvalue weighted by Crippen LogP contribution is 2.74. The predicted molar refractivity (Wildman–Crippen MR) is 163 cm³/mol. The number of Topliss-reactive ketones (excluding diaryl/α,β-unsaturated/α-hetero) is 1. The van der Waals surface area contributed by atoms with Gasteiger partial charge < -0.3 is 35.0 Å². The molecule has 9 nitrogen and oxygen atoms in total. The molecule has 3 saturated carbocycles. The standard InChI is InChI=1S/C35H56O9/c1-19(20(2)36)8-13-35(30(41)42)15-14-33(6)21(17-35)22(37)16-25-32(5)11-10-26(31(3,4)24(32)9-12-34(25,33)7)44-29-28(40)27(39)23(38)18-43-29/h17,19,22-29,37-40H,8-16,18H2,1-7H3,(H,41,42). The molecule has 13 unspecified atom stereocenters. The van der Waals surface area contributed by atoms with E-state index < -0.39 is 42.1 Å². The lowest BCUT2D eigenvalue weighted by Gasteiger charge is -2.71. The van der Waals surface area contributed by atoms with Crippen LogP contribution in [0.5, 0.6) is 0 Å². The highest BCUT2D eigenvalue weighted by atomic mass is 16.7. The first-order valence-corrected chi connectivity index (χ1v) is 16.8. The van der Waals surface area contributed by atoms with Gasteiger partial charge in [0.25, 0.3) is 0 Å². The Kier molecular flexibility index (Phi) is 8.81. The van der Waals surface area contributed by atoms with Crippen LogP contribution in [0.3, 0.4) is 0 Å². The number of carbonyl (C=O) groups is 2. The van der Waals surface area contributed by atoms with Gasteiger partial charge in [-0.15, -0.1) is 0 Å². The fourth-order valence-corrected chi connectivity index (χ4v) is 10.7. The van der Waals surface area contributed by atoms with E-state index in [4.69, 9.17) is 9.47 Å². The van der Waals surface area contributed by atoms with Crippen molar-refractivity contribution in [1.82, 2.24) is 0 Å². The maximum absolute atomic E-state index is 12.8. The zero-order valence-corrected chi connectivity index (χ0v) is 27.7. The van der Waals surface area contributed by atoms with Crippen molar-refractivity contribution < 1.29 is 44.6 Å². The number of ether oxygens (including phenoxy) is 2. The van der Waals surface area contributed by atoms with Crippen molar-refractivity contribution in [2.45, 2.75) is 143 Å². The molecule has 1 heterocycles. The number of carboxylic acids is 1. The molecule has 5 rings (SSSR count). The van der Waals surface area contributed by atoms with E-state index in [9.17, 15) is 35.1 Å². The number of rotatable bonds is 7. The first-order chi connectivity index (χ1) is 20.3. The molecule has 0 amide bonds. The predicted octanol–water partition coefficient (Wildman–Crippen LogP) is 4.24. The molecule has 0 spiro atoms. The van der Waals surface area contributed by atoms with E-state index in [1.165, 1.54) is 0 Å². The lowest BCUT2D eigenvalue weighted by molar-refractivity contribution is -0.309. The average molecular weight is 621 g/mol. The minimum atomic E-state index is -1.33. The van der Waals surface area contributed by atoms with Gasteiger partial charge in [0.1, 0.15) is 24.1 Å². The monoisotopic (exact) mass is 620 g/mol. The molecule has 0 aromatic carbocycles. The van der Waals surface area contributed by atoms with Crippen LogP contribution in [-0.2, 0) is 19.1 Å². The molecule has 5 aliphatic rings. The van der Waals surface area contributed by atoms with Gasteiger partial charge in [-0.1, -0.05) is 47.6 Å². The van der Waals surface area contributed by atoms with Crippen molar-refractivity contribution >= 4 is 11.8 Å². The van der Waals surface area contributed by atoms with Gasteiger partial charge in [-0.2, -0.15) is 0 Å². The normalized spacial score (nSPS) is 49.1. The Morgan fingerprint density at radius 3 is 2.30 bits per heavy atom. The highest BCUT2D eigenvalue weighted by molar-refractivity contribution is 5.79. The number of hydrogen-bond donors (Lipinski definition) is 5. The van der Waals surface area contributed by atoms with Gasteiger partial charge in [-0.25, -0.2) is 0 Å².